The van der Waals surface area contributed by atoms with Crippen molar-refractivity contribution in [2.75, 3.05) is 79.1 Å². The molecule has 3 aromatic rings. The minimum absolute atomic E-state index is 0.0232. The Bertz CT molecular complexity index is 2090. The van der Waals surface area contributed by atoms with Gasteiger partial charge in [-0.05, 0) is 79.8 Å². The number of rotatable bonds is 23. The predicted molar refractivity (Wildman–Crippen MR) is 235 cm³/mol. The van der Waals surface area contributed by atoms with E-state index in [4.69, 9.17) is 37.5 Å². The first-order chi connectivity index (χ1) is 30.7. The van der Waals surface area contributed by atoms with Crippen LogP contribution < -0.4 is 24.6 Å². The lowest BCUT2D eigenvalue weighted by atomic mass is 10.0. The van der Waals surface area contributed by atoms with E-state index in [-0.39, 0.29) is 61.0 Å². The number of methoxy groups -OCH3 is 1. The van der Waals surface area contributed by atoms with Crippen molar-refractivity contribution in [3.8, 4) is 17.2 Å². The van der Waals surface area contributed by atoms with Gasteiger partial charge in [0.2, 0.25) is 16.4 Å². The standard InChI is InChI=1S/C44H61N4O14PS/c1-31(2)27-48(64(53,54)37-16-14-34(55-4)15-17-37)28-40(49)39(46-44(51)60-41-29-58-43-38(41)18-24-57-43)26-33-10-12-35(13-11-33)59-30-63(52,62-36-8-6-5-7-9-36)61-32(3)42(50)56-25-23-47-21-19-45-20-22-47/h5-17,31-32,38-41,43,45,49H,18-30H2,1-4H3,(H,46,51)/t32-,38-,39-,40+,41-,43+,63?/m0/s1. The van der Waals surface area contributed by atoms with Gasteiger partial charge in [0.15, 0.2) is 12.4 Å². The number of benzene rings is 3. The van der Waals surface area contributed by atoms with Gasteiger partial charge in [0.1, 0.15) is 30.0 Å². The zero-order valence-corrected chi connectivity index (χ0v) is 38.5. The van der Waals surface area contributed by atoms with Crippen LogP contribution in [-0.2, 0) is 49.3 Å². The van der Waals surface area contributed by atoms with E-state index in [1.807, 2.05) is 13.8 Å². The van der Waals surface area contributed by atoms with Crippen LogP contribution in [0.5, 0.6) is 17.2 Å². The number of esters is 1. The molecule has 3 aliphatic rings. The molecule has 20 heteroatoms. The molecule has 1 amide bonds. The lowest BCUT2D eigenvalue weighted by Gasteiger charge is -2.31. The van der Waals surface area contributed by atoms with Gasteiger partial charge in [0.05, 0.1) is 43.3 Å². The number of nitrogens with one attached hydrogen (secondary N) is 2. The summed E-state index contributed by atoms with van der Waals surface area (Å²) in [6, 6.07) is 19.9. The summed E-state index contributed by atoms with van der Waals surface area (Å²) in [6.07, 6.45) is -4.27. The molecule has 0 bridgehead atoms. The first kappa shape index (κ1) is 49.1. The number of aliphatic hydroxyl groups excluding tert-OH is 1. The second kappa shape index (κ2) is 23.2. The van der Waals surface area contributed by atoms with Gasteiger partial charge in [0.25, 0.3) is 0 Å². The highest BCUT2D eigenvalue weighted by Crippen LogP contribution is 2.49. The number of fused-ring (bicyclic) bond motifs is 1. The van der Waals surface area contributed by atoms with E-state index in [0.29, 0.717) is 30.9 Å². The Morgan fingerprint density at radius 2 is 1.66 bits per heavy atom. The van der Waals surface area contributed by atoms with Crippen molar-refractivity contribution >= 4 is 29.7 Å². The van der Waals surface area contributed by atoms with E-state index in [0.717, 1.165) is 26.2 Å². The fourth-order valence-corrected chi connectivity index (χ4v) is 10.6. The number of para-hydroxylation sites is 1. The van der Waals surface area contributed by atoms with Crippen LogP contribution >= 0.6 is 7.60 Å². The van der Waals surface area contributed by atoms with E-state index in [1.54, 1.807) is 66.7 Å². The van der Waals surface area contributed by atoms with Crippen LogP contribution in [0.15, 0.2) is 83.8 Å². The highest BCUT2D eigenvalue weighted by molar-refractivity contribution is 7.89. The molecule has 0 saturated carbocycles. The normalized spacial score (nSPS) is 21.3. The van der Waals surface area contributed by atoms with Crippen molar-refractivity contribution in [3.05, 3.63) is 84.4 Å². The summed E-state index contributed by atoms with van der Waals surface area (Å²) in [5.41, 5.74) is 0.635. The summed E-state index contributed by atoms with van der Waals surface area (Å²) in [5, 5.41) is 17.9. The first-order valence-electron chi connectivity index (χ1n) is 21.6. The summed E-state index contributed by atoms with van der Waals surface area (Å²) in [5.74, 6) is 0.106. The van der Waals surface area contributed by atoms with Gasteiger partial charge in [-0.1, -0.05) is 44.2 Å². The van der Waals surface area contributed by atoms with Gasteiger partial charge >= 0.3 is 19.7 Å². The Morgan fingerprint density at radius 3 is 2.34 bits per heavy atom. The van der Waals surface area contributed by atoms with Crippen molar-refractivity contribution in [2.24, 2.45) is 11.8 Å². The van der Waals surface area contributed by atoms with Gasteiger partial charge in [-0.25, -0.2) is 22.6 Å². The molecule has 7 atom stereocenters. The highest BCUT2D eigenvalue weighted by atomic mass is 32.2. The van der Waals surface area contributed by atoms with Crippen molar-refractivity contribution < 1.29 is 65.1 Å². The third kappa shape index (κ3) is 14.1. The van der Waals surface area contributed by atoms with Crippen molar-refractivity contribution in [2.45, 2.75) is 69.2 Å². The summed E-state index contributed by atoms with van der Waals surface area (Å²) in [6.45, 7) is 9.70. The monoisotopic (exact) mass is 932 g/mol. The number of aliphatic hydroxyl groups is 1. The molecule has 6 rings (SSSR count). The molecule has 3 aromatic carbocycles. The van der Waals surface area contributed by atoms with Crippen LogP contribution in [0.25, 0.3) is 0 Å². The SMILES string of the molecule is COc1ccc(S(=O)(=O)N(CC(C)C)C[C@@H](O)[C@H](Cc2ccc(OCP(=O)(Oc3ccccc3)O[C@@H](C)C(=O)OCCN3CCNCC3)cc2)NC(=O)O[C@H]2CO[C@H]3OCC[C@H]32)cc1. The molecule has 3 saturated heterocycles. The van der Waals surface area contributed by atoms with Gasteiger partial charge in [0, 0.05) is 45.8 Å². The quantitative estimate of drug-likeness (QED) is 0.0896. The van der Waals surface area contributed by atoms with Crippen LogP contribution in [0, 0.1) is 11.8 Å². The maximum Gasteiger partial charge on any atom is 0.417 e. The minimum Gasteiger partial charge on any atom is -0.497 e. The number of carbonyl (C=O) groups is 2. The molecule has 64 heavy (non-hydrogen) atoms. The maximum atomic E-state index is 14.2. The molecule has 3 fully saturated rings. The molecule has 3 N–H and O–H groups in total. The van der Waals surface area contributed by atoms with Crippen LogP contribution in [0.1, 0.15) is 32.8 Å². The van der Waals surface area contributed by atoms with Crippen LogP contribution in [0.2, 0.25) is 0 Å². The smallest absolute Gasteiger partial charge is 0.417 e. The van der Waals surface area contributed by atoms with Gasteiger partial charge in [-0.15, -0.1) is 0 Å². The number of piperazine rings is 1. The van der Waals surface area contributed by atoms with E-state index < -0.39 is 66.7 Å². The average molecular weight is 933 g/mol. The molecule has 0 radical (unpaired) electrons. The number of hydrogen-bond donors (Lipinski definition) is 3. The third-order valence-corrected chi connectivity index (χ3v) is 14.4. The molecule has 0 aromatic heterocycles. The van der Waals surface area contributed by atoms with E-state index in [9.17, 15) is 27.7 Å². The number of carbonyl (C=O) groups excluding carboxylic acids is 2. The topological polar surface area (TPSA) is 210 Å². The lowest BCUT2D eigenvalue weighted by molar-refractivity contribution is -0.151. The van der Waals surface area contributed by atoms with Crippen LogP contribution in [-0.4, -0.2) is 145 Å². The van der Waals surface area contributed by atoms with E-state index in [2.05, 4.69) is 15.5 Å². The summed E-state index contributed by atoms with van der Waals surface area (Å²) < 4.78 is 88.4. The Morgan fingerprint density at radius 1 is 0.953 bits per heavy atom. The zero-order chi connectivity index (χ0) is 45.7. The molecular weight excluding hydrogens is 872 g/mol. The van der Waals surface area contributed by atoms with Gasteiger partial charge in [-0.3, -0.25) is 9.42 Å². The minimum atomic E-state index is -4.14. The van der Waals surface area contributed by atoms with Crippen LogP contribution in [0.3, 0.4) is 0 Å². The Kier molecular flexibility index (Phi) is 17.8. The number of alkyl carbamates (subject to hydrolysis) is 1. The molecular formula is C44H61N4O14PS. The van der Waals surface area contributed by atoms with Crippen molar-refractivity contribution in [3.63, 3.8) is 0 Å². The highest BCUT2D eigenvalue weighted by Gasteiger charge is 2.44. The summed E-state index contributed by atoms with van der Waals surface area (Å²) in [7, 11) is -6.74. The summed E-state index contributed by atoms with van der Waals surface area (Å²) in [4.78, 5) is 28.6. The molecule has 0 spiro atoms. The number of nitrogens with zero attached hydrogens (tertiary/aromatic N) is 2. The molecule has 3 heterocycles. The maximum absolute atomic E-state index is 14.2. The van der Waals surface area contributed by atoms with Crippen molar-refractivity contribution in [1.82, 2.24) is 19.8 Å². The fraction of sp³-hybridized carbons (Fsp3) is 0.545. The van der Waals surface area contributed by atoms with Gasteiger partial charge < -0.3 is 48.7 Å². The number of amides is 1. The Balaban J connectivity index is 1.14. The molecule has 352 valence electrons. The molecule has 18 nitrogen and oxygen atoms in total. The Hall–Kier alpha value is -4.30. The third-order valence-electron chi connectivity index (χ3n) is 10.9. The second-order valence-corrected chi connectivity index (χ2v) is 20.1. The predicted octanol–water partition coefficient (Wildman–Crippen LogP) is 4.26. The van der Waals surface area contributed by atoms with Gasteiger partial charge in [-0.2, -0.15) is 4.31 Å². The Labute approximate surface area is 375 Å². The lowest BCUT2D eigenvalue weighted by Crippen LogP contribution is -2.51. The number of sulfonamides is 1. The second-order valence-electron chi connectivity index (χ2n) is 16.3. The molecule has 3 aliphatic heterocycles. The van der Waals surface area contributed by atoms with E-state index in [1.165, 1.54) is 30.5 Å². The van der Waals surface area contributed by atoms with Crippen LogP contribution in [0.4, 0.5) is 4.79 Å². The molecule has 1 unspecified atom stereocenters. The first-order valence-corrected chi connectivity index (χ1v) is 24.7. The average Bonchev–Trinajstić information content (AvgIpc) is 3.91. The molecule has 0 aliphatic carbocycles. The largest absolute Gasteiger partial charge is 0.497 e. The fourth-order valence-electron chi connectivity index (χ4n) is 7.53. The number of ether oxygens (including phenoxy) is 6. The van der Waals surface area contributed by atoms with E-state index >= 15 is 0 Å². The number of hydrogen-bond acceptors (Lipinski definition) is 16. The zero-order valence-electron chi connectivity index (χ0n) is 36.7. The summed E-state index contributed by atoms with van der Waals surface area (Å²) >= 11 is 0. The van der Waals surface area contributed by atoms with Crippen molar-refractivity contribution in [1.29, 1.82) is 0 Å².